The van der Waals surface area contributed by atoms with E-state index < -0.39 is 0 Å². The van der Waals surface area contributed by atoms with Gasteiger partial charge in [-0.1, -0.05) is 23.4 Å². The lowest BCUT2D eigenvalue weighted by Gasteiger charge is -2.24. The van der Waals surface area contributed by atoms with E-state index in [1.54, 1.807) is 6.20 Å². The number of anilines is 1. The molecule has 0 fully saturated rings. The number of oxime groups is 1. The number of hydrogen-bond donors (Lipinski definition) is 1. The molecule has 0 unspecified atom stereocenters. The van der Waals surface area contributed by atoms with Crippen LogP contribution in [0.15, 0.2) is 47.9 Å². The minimum absolute atomic E-state index is 0.326. The Morgan fingerprint density at radius 3 is 2.95 bits per heavy atom. The zero-order chi connectivity index (χ0) is 14.7. The molecule has 1 aliphatic heterocycles. The van der Waals surface area contributed by atoms with Gasteiger partial charge in [0.15, 0.2) is 0 Å². The van der Waals surface area contributed by atoms with Gasteiger partial charge < -0.3 is 10.1 Å². The van der Waals surface area contributed by atoms with Crippen LogP contribution in [-0.4, -0.2) is 22.4 Å². The highest BCUT2D eigenvalue weighted by Crippen LogP contribution is 2.27. The molecule has 1 aromatic carbocycles. The number of rotatable bonds is 2. The number of fused-ring (bicyclic) bond motifs is 1. The molecule has 0 radical (unpaired) electrons. The van der Waals surface area contributed by atoms with E-state index in [0.29, 0.717) is 12.3 Å². The lowest BCUT2D eigenvalue weighted by molar-refractivity contribution is 0.318. The molecular formula is C16H16FN3O. The zero-order valence-electron chi connectivity index (χ0n) is 11.5. The van der Waals surface area contributed by atoms with Crippen molar-refractivity contribution in [3.8, 4) is 0 Å². The number of para-hydroxylation sites is 1. The second-order valence-corrected chi connectivity index (χ2v) is 5.10. The summed E-state index contributed by atoms with van der Waals surface area (Å²) in [5, 5.41) is 12.6. The van der Waals surface area contributed by atoms with E-state index in [0.717, 1.165) is 36.2 Å². The predicted octanol–water partition coefficient (Wildman–Crippen LogP) is 3.20. The molecule has 4 nitrogen and oxygen atoms in total. The molecule has 3 rings (SSSR count). The first-order valence-corrected chi connectivity index (χ1v) is 6.92. The van der Waals surface area contributed by atoms with Crippen LogP contribution in [0.2, 0.25) is 0 Å². The molecule has 0 bridgehead atoms. The summed E-state index contributed by atoms with van der Waals surface area (Å²) in [4.78, 5) is 6.07. The van der Waals surface area contributed by atoms with Crippen LogP contribution in [0, 0.1) is 5.82 Å². The van der Waals surface area contributed by atoms with Crippen LogP contribution in [0.25, 0.3) is 0 Å². The summed E-state index contributed by atoms with van der Waals surface area (Å²) in [6, 6.07) is 9.33. The first kappa shape index (κ1) is 13.5. The maximum absolute atomic E-state index is 13.3. The molecule has 108 valence electrons. The fourth-order valence-electron chi connectivity index (χ4n) is 2.72. The van der Waals surface area contributed by atoms with Crippen molar-refractivity contribution < 1.29 is 9.60 Å². The molecule has 0 spiro atoms. The molecule has 0 atom stereocenters. The summed E-state index contributed by atoms with van der Waals surface area (Å²) >= 11 is 0. The largest absolute Gasteiger partial charge is 0.411 e. The van der Waals surface area contributed by atoms with E-state index in [1.807, 2.05) is 24.3 Å². The summed E-state index contributed by atoms with van der Waals surface area (Å²) in [6.45, 7) is 1.41. The van der Waals surface area contributed by atoms with Crippen molar-refractivity contribution in [3.63, 3.8) is 0 Å². The first-order valence-electron chi connectivity index (χ1n) is 6.92. The van der Waals surface area contributed by atoms with Crippen molar-refractivity contribution in [2.75, 3.05) is 11.4 Å². The van der Waals surface area contributed by atoms with Crippen molar-refractivity contribution in [1.29, 1.82) is 0 Å². The first-order chi connectivity index (χ1) is 10.3. The van der Waals surface area contributed by atoms with Gasteiger partial charge >= 0.3 is 0 Å². The van der Waals surface area contributed by atoms with Crippen molar-refractivity contribution in [2.45, 2.75) is 19.4 Å². The van der Waals surface area contributed by atoms with Gasteiger partial charge in [-0.25, -0.2) is 4.39 Å². The van der Waals surface area contributed by atoms with E-state index in [9.17, 15) is 9.60 Å². The molecule has 0 saturated heterocycles. The van der Waals surface area contributed by atoms with Gasteiger partial charge in [0.05, 0.1) is 11.9 Å². The third-order valence-electron chi connectivity index (χ3n) is 3.65. The summed E-state index contributed by atoms with van der Waals surface area (Å²) in [5.74, 6) is -0.326. The normalized spacial score (nSPS) is 16.6. The van der Waals surface area contributed by atoms with Gasteiger partial charge in [-0.3, -0.25) is 4.98 Å². The Morgan fingerprint density at radius 1 is 1.29 bits per heavy atom. The molecule has 0 saturated carbocycles. The van der Waals surface area contributed by atoms with Crippen molar-refractivity contribution in [3.05, 3.63) is 59.7 Å². The maximum atomic E-state index is 13.3. The van der Waals surface area contributed by atoms with Gasteiger partial charge in [0.25, 0.3) is 0 Å². The minimum atomic E-state index is -0.326. The smallest absolute Gasteiger partial charge is 0.141 e. The molecule has 1 N–H and O–H groups in total. The van der Waals surface area contributed by atoms with E-state index in [2.05, 4.69) is 15.0 Å². The number of nitrogens with zero attached hydrogens (tertiary/aromatic N) is 3. The van der Waals surface area contributed by atoms with Crippen LogP contribution >= 0.6 is 0 Å². The Bertz CT molecular complexity index is 672. The quantitative estimate of drug-likeness (QED) is 0.681. The lowest BCUT2D eigenvalue weighted by atomic mass is 10.1. The fraction of sp³-hybridized carbons (Fsp3) is 0.250. The Kier molecular flexibility index (Phi) is 3.81. The summed E-state index contributed by atoms with van der Waals surface area (Å²) in [7, 11) is 0. The summed E-state index contributed by atoms with van der Waals surface area (Å²) in [6.07, 6.45) is 4.50. The number of benzene rings is 1. The highest BCUT2D eigenvalue weighted by molar-refractivity contribution is 6.05. The third kappa shape index (κ3) is 2.86. The monoisotopic (exact) mass is 285 g/mol. The summed E-state index contributed by atoms with van der Waals surface area (Å²) < 4.78 is 13.3. The topological polar surface area (TPSA) is 48.7 Å². The van der Waals surface area contributed by atoms with Crippen LogP contribution in [-0.2, 0) is 6.54 Å². The van der Waals surface area contributed by atoms with E-state index >= 15 is 0 Å². The standard InChI is InChI=1S/C16H16FN3O/c17-13-8-12(9-18-10-13)11-20-7-3-5-15(19-21)14-4-1-2-6-16(14)20/h1-2,4,6,8-10,21H,3,5,7,11H2/b19-15-. The van der Waals surface area contributed by atoms with Gasteiger partial charge in [-0.15, -0.1) is 0 Å². The predicted molar refractivity (Wildman–Crippen MR) is 79.2 cm³/mol. The number of hydrogen-bond acceptors (Lipinski definition) is 4. The minimum Gasteiger partial charge on any atom is -0.411 e. The molecule has 0 amide bonds. The molecule has 0 aliphatic carbocycles. The highest BCUT2D eigenvalue weighted by atomic mass is 19.1. The third-order valence-corrected chi connectivity index (χ3v) is 3.65. The number of halogens is 1. The zero-order valence-corrected chi connectivity index (χ0v) is 11.5. The fourth-order valence-corrected chi connectivity index (χ4v) is 2.72. The van der Waals surface area contributed by atoms with Crippen LogP contribution in [0.1, 0.15) is 24.0 Å². The maximum Gasteiger partial charge on any atom is 0.141 e. The summed E-state index contributed by atoms with van der Waals surface area (Å²) in [5.41, 5.74) is 3.47. The Hall–Kier alpha value is -2.43. The highest BCUT2D eigenvalue weighted by Gasteiger charge is 2.19. The average Bonchev–Trinajstić information content (AvgIpc) is 2.67. The second-order valence-electron chi connectivity index (χ2n) is 5.10. The second kappa shape index (κ2) is 5.91. The molecule has 2 aromatic rings. The lowest BCUT2D eigenvalue weighted by Crippen LogP contribution is -2.23. The Labute approximate surface area is 122 Å². The molecule has 21 heavy (non-hydrogen) atoms. The SMILES string of the molecule is O/N=C1/CCCN(Cc2cncc(F)c2)c2ccccc21. The average molecular weight is 285 g/mol. The van der Waals surface area contributed by atoms with Crippen molar-refractivity contribution >= 4 is 11.4 Å². The van der Waals surface area contributed by atoms with Crippen LogP contribution in [0.3, 0.4) is 0 Å². The Morgan fingerprint density at radius 2 is 2.14 bits per heavy atom. The number of pyridine rings is 1. The van der Waals surface area contributed by atoms with Crippen LogP contribution in [0.4, 0.5) is 10.1 Å². The van der Waals surface area contributed by atoms with Crippen molar-refractivity contribution in [2.24, 2.45) is 5.16 Å². The molecule has 2 heterocycles. The van der Waals surface area contributed by atoms with E-state index in [-0.39, 0.29) is 5.82 Å². The van der Waals surface area contributed by atoms with Crippen LogP contribution < -0.4 is 4.90 Å². The Balaban J connectivity index is 1.95. The van der Waals surface area contributed by atoms with Gasteiger partial charge in [0, 0.05) is 30.5 Å². The van der Waals surface area contributed by atoms with Gasteiger partial charge in [-0.2, -0.15) is 0 Å². The van der Waals surface area contributed by atoms with Gasteiger partial charge in [-0.05, 0) is 30.5 Å². The van der Waals surface area contributed by atoms with Crippen molar-refractivity contribution in [1.82, 2.24) is 4.98 Å². The molecule has 1 aromatic heterocycles. The van der Waals surface area contributed by atoms with Gasteiger partial charge in [0.1, 0.15) is 5.82 Å². The number of aromatic nitrogens is 1. The van der Waals surface area contributed by atoms with Gasteiger partial charge in [0.2, 0.25) is 0 Å². The molecule has 1 aliphatic rings. The van der Waals surface area contributed by atoms with E-state index in [1.165, 1.54) is 12.3 Å². The molecular weight excluding hydrogens is 269 g/mol. The molecule has 5 heteroatoms. The van der Waals surface area contributed by atoms with Crippen LogP contribution in [0.5, 0.6) is 0 Å². The van der Waals surface area contributed by atoms with E-state index in [4.69, 9.17) is 0 Å².